The third-order valence-corrected chi connectivity index (χ3v) is 7.10. The van der Waals surface area contributed by atoms with Gasteiger partial charge < -0.3 is 10.1 Å². The lowest BCUT2D eigenvalue weighted by molar-refractivity contribution is 0.245. The normalized spacial score (nSPS) is 21.5. The predicted molar refractivity (Wildman–Crippen MR) is 127 cm³/mol. The lowest BCUT2D eigenvalue weighted by atomic mass is 9.68. The molecule has 0 radical (unpaired) electrons. The predicted octanol–water partition coefficient (Wildman–Crippen LogP) is 3.01. The number of hydrogen-bond donors (Lipinski definition) is 3. The first kappa shape index (κ1) is 22.7. The Hall–Kier alpha value is -2.52. The molecule has 0 spiro atoms. The smallest absolute Gasteiger partial charge is 0.274 e. The summed E-state index contributed by atoms with van der Waals surface area (Å²) in [5.41, 5.74) is 2.99. The molecule has 0 unspecified atom stereocenters. The van der Waals surface area contributed by atoms with Crippen LogP contribution in [0.3, 0.4) is 0 Å². The van der Waals surface area contributed by atoms with Gasteiger partial charge in [-0.2, -0.15) is 8.42 Å². The minimum atomic E-state index is -3.77. The lowest BCUT2D eigenvalue weighted by Gasteiger charge is -2.41. The quantitative estimate of drug-likeness (QED) is 0.485. The molecule has 1 heterocycles. The second-order valence-corrected chi connectivity index (χ2v) is 9.90. The maximum atomic E-state index is 11.6. The molecule has 8 heteroatoms. The molecule has 1 aromatic heterocycles. The fraction of sp³-hybridized carbons (Fsp3) is 0.375. The number of pyridine rings is 1. The zero-order valence-corrected chi connectivity index (χ0v) is 19.1. The van der Waals surface area contributed by atoms with Crippen LogP contribution in [-0.2, 0) is 22.2 Å². The number of fused-ring (bicyclic) bond motifs is 1. The number of aromatic nitrogens is 1. The number of hydrogen-bond acceptors (Lipinski definition) is 5. The number of ether oxygens (including phenoxy) is 1. The van der Waals surface area contributed by atoms with Crippen LogP contribution >= 0.6 is 0 Å². The second-order valence-electron chi connectivity index (χ2n) is 8.52. The molecule has 4 N–H and O–H groups in total. The van der Waals surface area contributed by atoms with Gasteiger partial charge in [-0.1, -0.05) is 30.3 Å². The van der Waals surface area contributed by atoms with Crippen molar-refractivity contribution in [3.63, 3.8) is 0 Å². The van der Waals surface area contributed by atoms with Gasteiger partial charge in [0.15, 0.2) is 0 Å². The number of benzene rings is 2. The Balaban J connectivity index is 1.47. The number of nitrogens with one attached hydrogen (secondary N) is 2. The Bertz CT molecular complexity index is 1170. The van der Waals surface area contributed by atoms with Crippen molar-refractivity contribution < 1.29 is 13.2 Å². The Morgan fingerprint density at radius 2 is 1.91 bits per heavy atom. The van der Waals surface area contributed by atoms with Crippen LogP contribution in [0.25, 0.3) is 10.9 Å². The Kier molecular flexibility index (Phi) is 6.76. The topological polar surface area (TPSA) is 106 Å². The Labute approximate surface area is 189 Å². The molecule has 0 bridgehead atoms. The van der Waals surface area contributed by atoms with Crippen LogP contribution in [0.4, 0.5) is 0 Å². The van der Waals surface area contributed by atoms with Crippen molar-refractivity contribution in [1.29, 1.82) is 0 Å². The Morgan fingerprint density at radius 1 is 1.12 bits per heavy atom. The minimum absolute atomic E-state index is 0.278. The molecule has 4 rings (SSSR count). The first-order valence-electron chi connectivity index (χ1n) is 10.9. The van der Waals surface area contributed by atoms with Crippen LogP contribution in [0.15, 0.2) is 60.8 Å². The van der Waals surface area contributed by atoms with E-state index in [1.807, 2.05) is 48.7 Å². The summed E-state index contributed by atoms with van der Waals surface area (Å²) in [6.07, 6.45) is 5.42. The molecule has 170 valence electrons. The largest absolute Gasteiger partial charge is 0.497 e. The SMILES string of the molecule is COc1cccc([C@]2(CNS(N)(=O)=O)CC[C@@H](NCc3ccnc4ccccc34)CC2)c1. The van der Waals surface area contributed by atoms with Crippen molar-refractivity contribution in [2.75, 3.05) is 13.7 Å². The van der Waals surface area contributed by atoms with Gasteiger partial charge >= 0.3 is 0 Å². The van der Waals surface area contributed by atoms with Crippen molar-refractivity contribution in [3.8, 4) is 5.75 Å². The summed E-state index contributed by atoms with van der Waals surface area (Å²) < 4.78 is 31.2. The average Bonchev–Trinajstić information content (AvgIpc) is 2.81. The van der Waals surface area contributed by atoms with Gasteiger partial charge in [-0.25, -0.2) is 9.86 Å². The molecule has 0 atom stereocenters. The first-order valence-corrected chi connectivity index (χ1v) is 12.4. The van der Waals surface area contributed by atoms with Gasteiger partial charge in [-0.15, -0.1) is 0 Å². The zero-order valence-electron chi connectivity index (χ0n) is 18.3. The molecule has 1 aliphatic carbocycles. The summed E-state index contributed by atoms with van der Waals surface area (Å²) in [4.78, 5) is 4.44. The molecular weight excluding hydrogens is 424 g/mol. The summed E-state index contributed by atoms with van der Waals surface area (Å²) in [6, 6.07) is 18.5. The average molecular weight is 455 g/mol. The summed E-state index contributed by atoms with van der Waals surface area (Å²) in [6.45, 7) is 1.05. The molecule has 2 aromatic carbocycles. The van der Waals surface area contributed by atoms with E-state index in [0.717, 1.165) is 49.1 Å². The van der Waals surface area contributed by atoms with E-state index in [4.69, 9.17) is 9.88 Å². The zero-order chi connectivity index (χ0) is 22.6. The van der Waals surface area contributed by atoms with E-state index in [1.54, 1.807) is 7.11 Å². The molecular formula is C24H30N4O3S. The highest BCUT2D eigenvalue weighted by Gasteiger charge is 2.37. The number of nitrogens with zero attached hydrogens (tertiary/aromatic N) is 1. The third-order valence-electron chi connectivity index (χ3n) is 6.56. The molecule has 1 aliphatic rings. The van der Waals surface area contributed by atoms with E-state index in [1.165, 1.54) is 10.9 Å². The van der Waals surface area contributed by atoms with E-state index in [2.05, 4.69) is 27.2 Å². The standard InChI is InChI=1S/C24H30N4O3S/c1-31-21-6-4-5-19(15-21)24(17-28-32(25,29)30)12-9-20(10-13-24)27-16-18-11-14-26-23-8-3-2-7-22(18)23/h2-8,11,14-15,20,27-28H,9-10,12-13,16-17H2,1H3,(H2,25,29,30)/t20-,24-. The van der Waals surface area contributed by atoms with Gasteiger partial charge in [0, 0.05) is 36.1 Å². The molecule has 3 aromatic rings. The van der Waals surface area contributed by atoms with Crippen molar-refractivity contribution in [3.05, 3.63) is 71.9 Å². The van der Waals surface area contributed by atoms with Gasteiger partial charge in [0.1, 0.15) is 5.75 Å². The molecule has 0 amide bonds. The summed E-state index contributed by atoms with van der Waals surface area (Å²) >= 11 is 0. The van der Waals surface area contributed by atoms with Crippen LogP contribution in [-0.4, -0.2) is 33.1 Å². The molecule has 7 nitrogen and oxygen atoms in total. The van der Waals surface area contributed by atoms with Crippen LogP contribution in [0.1, 0.15) is 36.8 Å². The first-order chi connectivity index (χ1) is 15.4. The van der Waals surface area contributed by atoms with Gasteiger partial charge in [0.2, 0.25) is 0 Å². The van der Waals surface area contributed by atoms with Gasteiger partial charge in [-0.05, 0) is 61.1 Å². The summed E-state index contributed by atoms with van der Waals surface area (Å²) in [5.74, 6) is 0.766. The van der Waals surface area contributed by atoms with Crippen LogP contribution in [0.5, 0.6) is 5.75 Å². The highest BCUT2D eigenvalue weighted by molar-refractivity contribution is 7.87. The maximum Gasteiger partial charge on any atom is 0.274 e. The monoisotopic (exact) mass is 454 g/mol. The number of para-hydroxylation sites is 1. The summed E-state index contributed by atoms with van der Waals surface area (Å²) in [5, 5.41) is 10.1. The minimum Gasteiger partial charge on any atom is -0.497 e. The summed E-state index contributed by atoms with van der Waals surface area (Å²) in [7, 11) is -2.13. The van der Waals surface area contributed by atoms with E-state index < -0.39 is 10.2 Å². The molecule has 1 saturated carbocycles. The molecule has 0 saturated heterocycles. The maximum absolute atomic E-state index is 11.6. The van der Waals surface area contributed by atoms with Crippen molar-refractivity contribution >= 4 is 21.1 Å². The van der Waals surface area contributed by atoms with Crippen LogP contribution in [0.2, 0.25) is 0 Å². The second kappa shape index (κ2) is 9.54. The Morgan fingerprint density at radius 3 is 2.66 bits per heavy atom. The van der Waals surface area contributed by atoms with Gasteiger partial charge in [-0.3, -0.25) is 4.98 Å². The molecule has 0 aliphatic heterocycles. The highest BCUT2D eigenvalue weighted by atomic mass is 32.2. The van der Waals surface area contributed by atoms with Crippen LogP contribution in [0, 0.1) is 0 Å². The number of nitrogens with two attached hydrogens (primary N) is 1. The van der Waals surface area contributed by atoms with E-state index in [9.17, 15) is 8.42 Å². The number of rotatable bonds is 8. The molecule has 1 fully saturated rings. The van der Waals surface area contributed by atoms with Gasteiger partial charge in [0.05, 0.1) is 12.6 Å². The van der Waals surface area contributed by atoms with E-state index in [0.29, 0.717) is 6.04 Å². The van der Waals surface area contributed by atoms with Crippen LogP contribution < -0.4 is 19.9 Å². The fourth-order valence-electron chi connectivity index (χ4n) is 4.70. The van der Waals surface area contributed by atoms with Gasteiger partial charge in [0.25, 0.3) is 10.2 Å². The number of methoxy groups -OCH3 is 1. The fourth-order valence-corrected chi connectivity index (χ4v) is 5.17. The lowest BCUT2D eigenvalue weighted by Crippen LogP contribution is -2.47. The third kappa shape index (κ3) is 5.27. The van der Waals surface area contributed by atoms with Crippen molar-refractivity contribution in [2.24, 2.45) is 5.14 Å². The highest BCUT2D eigenvalue weighted by Crippen LogP contribution is 2.40. The van der Waals surface area contributed by atoms with E-state index in [-0.39, 0.29) is 12.0 Å². The van der Waals surface area contributed by atoms with E-state index >= 15 is 0 Å². The molecule has 32 heavy (non-hydrogen) atoms. The van der Waals surface area contributed by atoms with Crippen molar-refractivity contribution in [2.45, 2.75) is 43.7 Å². The van der Waals surface area contributed by atoms with Crippen molar-refractivity contribution in [1.82, 2.24) is 15.0 Å².